The summed E-state index contributed by atoms with van der Waals surface area (Å²) in [4.78, 5) is 17.0. The van der Waals surface area contributed by atoms with Crippen LogP contribution in [0.3, 0.4) is 0 Å². The van der Waals surface area contributed by atoms with Crippen LogP contribution < -0.4 is 14.8 Å². The lowest BCUT2D eigenvalue weighted by atomic mass is 10.1. The standard InChI is InChI=1S/C21H22N2O3S/c1-13(2)26-19-10-7-16(11-20(19)25-4)21(24)23-17-8-5-15(6-9-17)18-12-27-14(3)22-18/h5-13H,1-4H3,(H,23,24). The molecular weight excluding hydrogens is 360 g/mol. The lowest BCUT2D eigenvalue weighted by Gasteiger charge is -2.14. The normalized spacial score (nSPS) is 10.7. The Morgan fingerprint density at radius 3 is 2.44 bits per heavy atom. The second-order valence-electron chi connectivity index (χ2n) is 6.32. The number of hydrogen-bond donors (Lipinski definition) is 1. The van der Waals surface area contributed by atoms with Gasteiger partial charge in [0.05, 0.1) is 23.9 Å². The van der Waals surface area contributed by atoms with E-state index in [4.69, 9.17) is 9.47 Å². The van der Waals surface area contributed by atoms with Gasteiger partial charge < -0.3 is 14.8 Å². The molecule has 1 aromatic heterocycles. The molecule has 6 heteroatoms. The van der Waals surface area contributed by atoms with Crippen molar-refractivity contribution in [2.75, 3.05) is 12.4 Å². The van der Waals surface area contributed by atoms with Gasteiger partial charge >= 0.3 is 0 Å². The second kappa shape index (κ2) is 8.22. The minimum absolute atomic E-state index is 0.0265. The Morgan fingerprint density at radius 1 is 1.11 bits per heavy atom. The third-order valence-corrected chi connectivity index (χ3v) is 4.62. The number of nitrogens with zero attached hydrogens (tertiary/aromatic N) is 1. The van der Waals surface area contributed by atoms with Crippen LogP contribution in [0.2, 0.25) is 0 Å². The van der Waals surface area contributed by atoms with Crippen molar-refractivity contribution in [2.24, 2.45) is 0 Å². The fourth-order valence-corrected chi connectivity index (χ4v) is 3.21. The van der Waals surface area contributed by atoms with Crippen molar-refractivity contribution in [2.45, 2.75) is 26.9 Å². The number of methoxy groups -OCH3 is 1. The van der Waals surface area contributed by atoms with Crippen molar-refractivity contribution in [1.82, 2.24) is 4.98 Å². The van der Waals surface area contributed by atoms with Crippen LogP contribution in [0, 0.1) is 6.92 Å². The van der Waals surface area contributed by atoms with E-state index in [1.807, 2.05) is 50.4 Å². The molecule has 3 aromatic rings. The maximum Gasteiger partial charge on any atom is 0.255 e. The zero-order valence-electron chi connectivity index (χ0n) is 15.8. The molecule has 0 saturated carbocycles. The average molecular weight is 382 g/mol. The predicted molar refractivity (Wildman–Crippen MR) is 109 cm³/mol. The molecule has 0 atom stereocenters. The molecule has 0 fully saturated rings. The van der Waals surface area contributed by atoms with Crippen LogP contribution in [-0.2, 0) is 0 Å². The van der Waals surface area contributed by atoms with Gasteiger partial charge in [-0.15, -0.1) is 11.3 Å². The Morgan fingerprint density at radius 2 is 1.85 bits per heavy atom. The SMILES string of the molecule is COc1cc(C(=O)Nc2ccc(-c3csc(C)n3)cc2)ccc1OC(C)C. The van der Waals surface area contributed by atoms with Crippen molar-refractivity contribution in [3.05, 3.63) is 58.4 Å². The van der Waals surface area contributed by atoms with Crippen molar-refractivity contribution in [3.63, 3.8) is 0 Å². The minimum Gasteiger partial charge on any atom is -0.493 e. The van der Waals surface area contributed by atoms with Gasteiger partial charge in [0.25, 0.3) is 5.91 Å². The number of aromatic nitrogens is 1. The Kier molecular flexibility index (Phi) is 5.76. The summed E-state index contributed by atoms with van der Waals surface area (Å²) < 4.78 is 11.0. The van der Waals surface area contributed by atoms with Crippen LogP contribution in [0.1, 0.15) is 29.2 Å². The first-order valence-electron chi connectivity index (χ1n) is 8.65. The molecule has 0 unspecified atom stereocenters. The largest absolute Gasteiger partial charge is 0.493 e. The van der Waals surface area contributed by atoms with E-state index in [0.717, 1.165) is 22.0 Å². The maximum absolute atomic E-state index is 12.6. The molecule has 0 aliphatic carbocycles. The van der Waals surface area contributed by atoms with Crippen LogP contribution in [0.15, 0.2) is 47.8 Å². The van der Waals surface area contributed by atoms with Gasteiger partial charge in [-0.1, -0.05) is 12.1 Å². The number of aryl methyl sites for hydroxylation is 1. The van der Waals surface area contributed by atoms with Crippen LogP contribution in [-0.4, -0.2) is 24.1 Å². The van der Waals surface area contributed by atoms with Gasteiger partial charge in [-0.3, -0.25) is 4.79 Å². The molecule has 0 radical (unpaired) electrons. The third kappa shape index (κ3) is 4.65. The van der Waals surface area contributed by atoms with Gasteiger partial charge in [0.15, 0.2) is 11.5 Å². The number of thiazole rings is 1. The number of ether oxygens (including phenoxy) is 2. The highest BCUT2D eigenvalue weighted by Crippen LogP contribution is 2.29. The van der Waals surface area contributed by atoms with E-state index in [2.05, 4.69) is 10.3 Å². The number of nitrogens with one attached hydrogen (secondary N) is 1. The van der Waals surface area contributed by atoms with Gasteiger partial charge in [0.2, 0.25) is 0 Å². The van der Waals surface area contributed by atoms with Crippen molar-refractivity contribution in [3.8, 4) is 22.8 Å². The Balaban J connectivity index is 1.73. The number of hydrogen-bond acceptors (Lipinski definition) is 5. The highest BCUT2D eigenvalue weighted by Gasteiger charge is 2.12. The fourth-order valence-electron chi connectivity index (χ4n) is 2.58. The number of benzene rings is 2. The van der Waals surface area contributed by atoms with Crippen molar-refractivity contribution < 1.29 is 14.3 Å². The first-order valence-corrected chi connectivity index (χ1v) is 9.53. The number of amides is 1. The monoisotopic (exact) mass is 382 g/mol. The van der Waals surface area contributed by atoms with Gasteiger partial charge in [-0.25, -0.2) is 4.98 Å². The molecular formula is C21H22N2O3S. The second-order valence-corrected chi connectivity index (χ2v) is 7.38. The molecule has 0 spiro atoms. The lowest BCUT2D eigenvalue weighted by Crippen LogP contribution is -2.13. The van der Waals surface area contributed by atoms with Crippen molar-refractivity contribution in [1.29, 1.82) is 0 Å². The minimum atomic E-state index is -0.207. The number of anilines is 1. The Hall–Kier alpha value is -2.86. The van der Waals surface area contributed by atoms with Crippen LogP contribution in [0.5, 0.6) is 11.5 Å². The molecule has 0 aliphatic rings. The summed E-state index contributed by atoms with van der Waals surface area (Å²) in [6.45, 7) is 5.86. The van der Waals surface area contributed by atoms with E-state index in [9.17, 15) is 4.79 Å². The fraction of sp³-hybridized carbons (Fsp3) is 0.238. The van der Waals surface area contributed by atoms with E-state index < -0.39 is 0 Å². The molecule has 5 nitrogen and oxygen atoms in total. The number of carbonyl (C=O) groups is 1. The molecule has 140 valence electrons. The smallest absolute Gasteiger partial charge is 0.255 e. The summed E-state index contributed by atoms with van der Waals surface area (Å²) in [5.74, 6) is 0.944. The van der Waals surface area contributed by atoms with Crippen molar-refractivity contribution >= 4 is 22.9 Å². The molecule has 3 rings (SSSR count). The van der Waals surface area contributed by atoms with Gasteiger partial charge in [-0.2, -0.15) is 0 Å². The summed E-state index contributed by atoms with van der Waals surface area (Å²) in [5.41, 5.74) is 3.19. The highest BCUT2D eigenvalue weighted by atomic mass is 32.1. The van der Waals surface area contributed by atoms with Crippen LogP contribution in [0.4, 0.5) is 5.69 Å². The van der Waals surface area contributed by atoms with E-state index in [-0.39, 0.29) is 12.0 Å². The van der Waals surface area contributed by atoms with Gasteiger partial charge in [0.1, 0.15) is 0 Å². The zero-order chi connectivity index (χ0) is 19.4. The Bertz CT molecular complexity index is 933. The predicted octanol–water partition coefficient (Wildman–Crippen LogP) is 5.17. The topological polar surface area (TPSA) is 60.5 Å². The maximum atomic E-state index is 12.6. The summed E-state index contributed by atoms with van der Waals surface area (Å²) in [7, 11) is 1.56. The first-order chi connectivity index (χ1) is 13.0. The number of rotatable bonds is 6. The third-order valence-electron chi connectivity index (χ3n) is 3.85. The number of carbonyl (C=O) groups excluding carboxylic acids is 1. The van der Waals surface area contributed by atoms with Crippen LogP contribution in [0.25, 0.3) is 11.3 Å². The van der Waals surface area contributed by atoms with Gasteiger partial charge in [-0.05, 0) is 51.1 Å². The van der Waals surface area contributed by atoms with Gasteiger partial charge in [0, 0.05) is 22.2 Å². The zero-order valence-corrected chi connectivity index (χ0v) is 16.6. The average Bonchev–Trinajstić information content (AvgIpc) is 3.08. The van der Waals surface area contributed by atoms with E-state index >= 15 is 0 Å². The molecule has 0 aliphatic heterocycles. The molecule has 0 bridgehead atoms. The van der Waals surface area contributed by atoms with Crippen LogP contribution >= 0.6 is 11.3 Å². The first kappa shape index (κ1) is 18.9. The highest BCUT2D eigenvalue weighted by molar-refractivity contribution is 7.09. The quantitative estimate of drug-likeness (QED) is 0.639. The van der Waals surface area contributed by atoms with E-state index in [1.54, 1.807) is 36.6 Å². The molecule has 1 heterocycles. The molecule has 27 heavy (non-hydrogen) atoms. The van der Waals surface area contributed by atoms with E-state index in [0.29, 0.717) is 17.1 Å². The molecule has 1 amide bonds. The van der Waals surface area contributed by atoms with E-state index in [1.165, 1.54) is 0 Å². The summed E-state index contributed by atoms with van der Waals surface area (Å²) in [6.07, 6.45) is 0.0265. The summed E-state index contributed by atoms with van der Waals surface area (Å²) in [6, 6.07) is 12.8. The summed E-state index contributed by atoms with van der Waals surface area (Å²) >= 11 is 1.62. The lowest BCUT2D eigenvalue weighted by molar-refractivity contribution is 0.102. The molecule has 2 aromatic carbocycles. The Labute approximate surface area is 163 Å². The molecule has 1 N–H and O–H groups in total. The summed E-state index contributed by atoms with van der Waals surface area (Å²) in [5, 5.41) is 5.95. The molecule has 0 saturated heterocycles.